The molecule has 0 unspecified atom stereocenters. The lowest BCUT2D eigenvalue weighted by Gasteiger charge is -2.34. The molecule has 1 saturated carbocycles. The number of nitrogens with one attached hydrogen (secondary N) is 1. The average Bonchev–Trinajstić information content (AvgIpc) is 3.14. The molecule has 0 aromatic carbocycles. The molecule has 4 atom stereocenters. The predicted octanol–water partition coefficient (Wildman–Crippen LogP) is 2.19. The van der Waals surface area contributed by atoms with Gasteiger partial charge in [0.25, 0.3) is 0 Å². The quantitative estimate of drug-likeness (QED) is 0.738. The Hall–Kier alpha value is -0.870. The van der Waals surface area contributed by atoms with Gasteiger partial charge in [-0.3, -0.25) is 4.79 Å². The van der Waals surface area contributed by atoms with E-state index in [9.17, 15) is 9.90 Å². The maximum absolute atomic E-state index is 12.9. The molecule has 1 aliphatic heterocycles. The van der Waals surface area contributed by atoms with E-state index >= 15 is 0 Å². The van der Waals surface area contributed by atoms with Crippen LogP contribution >= 0.6 is 0 Å². The summed E-state index contributed by atoms with van der Waals surface area (Å²) in [5.74, 6) is 2.97. The van der Waals surface area contributed by atoms with Crippen LogP contribution in [0.4, 0.5) is 0 Å². The molecule has 4 nitrogen and oxygen atoms in total. The van der Waals surface area contributed by atoms with Gasteiger partial charge in [-0.05, 0) is 62.3 Å². The third-order valence-corrected chi connectivity index (χ3v) is 5.82. The first kappa shape index (κ1) is 17.0. The van der Waals surface area contributed by atoms with E-state index in [1.807, 2.05) is 4.90 Å². The number of hydrogen-bond donors (Lipinski definition) is 2. The van der Waals surface area contributed by atoms with Crippen molar-refractivity contribution in [2.75, 3.05) is 19.6 Å². The van der Waals surface area contributed by atoms with Gasteiger partial charge in [0.2, 0.25) is 5.91 Å². The Bertz CT molecular complexity index is 441. The molecule has 0 aromatic heterocycles. The molecule has 3 rings (SSSR count). The molecule has 3 aliphatic rings. The molecule has 23 heavy (non-hydrogen) atoms. The maximum atomic E-state index is 12.9. The lowest BCUT2D eigenvalue weighted by Crippen LogP contribution is -2.51. The molecule has 0 radical (unpaired) electrons. The van der Waals surface area contributed by atoms with E-state index in [0.717, 1.165) is 37.6 Å². The third kappa shape index (κ3) is 4.16. The van der Waals surface area contributed by atoms with E-state index in [1.165, 1.54) is 12.8 Å². The predicted molar refractivity (Wildman–Crippen MR) is 91.9 cm³/mol. The van der Waals surface area contributed by atoms with Crippen molar-refractivity contribution < 1.29 is 9.90 Å². The Kier molecular flexibility index (Phi) is 5.42. The number of carbonyl (C=O) groups is 1. The maximum Gasteiger partial charge on any atom is 0.239 e. The normalized spacial score (nSPS) is 32.0. The van der Waals surface area contributed by atoms with Crippen LogP contribution in [-0.2, 0) is 4.79 Å². The van der Waals surface area contributed by atoms with Crippen LogP contribution in [0.5, 0.6) is 0 Å². The van der Waals surface area contributed by atoms with Crippen molar-refractivity contribution in [1.82, 2.24) is 10.2 Å². The number of amides is 1. The molecule has 2 bridgehead atoms. The van der Waals surface area contributed by atoms with Gasteiger partial charge in [-0.2, -0.15) is 0 Å². The molecular weight excluding hydrogens is 288 g/mol. The summed E-state index contributed by atoms with van der Waals surface area (Å²) in [4.78, 5) is 14.8. The van der Waals surface area contributed by atoms with Crippen molar-refractivity contribution in [3.05, 3.63) is 12.2 Å². The number of hydrogen-bond acceptors (Lipinski definition) is 3. The van der Waals surface area contributed by atoms with Gasteiger partial charge in [0.15, 0.2) is 0 Å². The first-order chi connectivity index (χ1) is 11.0. The zero-order valence-corrected chi connectivity index (χ0v) is 14.6. The summed E-state index contributed by atoms with van der Waals surface area (Å²) in [6.45, 7) is 6.73. The van der Waals surface area contributed by atoms with Gasteiger partial charge >= 0.3 is 0 Å². The minimum Gasteiger partial charge on any atom is -0.393 e. The minimum absolute atomic E-state index is 0.0617. The van der Waals surface area contributed by atoms with E-state index in [1.54, 1.807) is 0 Å². The summed E-state index contributed by atoms with van der Waals surface area (Å²) < 4.78 is 0. The van der Waals surface area contributed by atoms with Crippen LogP contribution < -0.4 is 5.32 Å². The second kappa shape index (κ2) is 7.35. The van der Waals surface area contributed by atoms with Crippen molar-refractivity contribution in [2.45, 2.75) is 58.1 Å². The number of carbonyl (C=O) groups excluding carboxylic acids is 1. The molecule has 0 aromatic rings. The van der Waals surface area contributed by atoms with E-state index < -0.39 is 0 Å². The molecule has 1 amide bonds. The van der Waals surface area contributed by atoms with Gasteiger partial charge < -0.3 is 15.3 Å². The van der Waals surface area contributed by atoms with Crippen LogP contribution in [0.15, 0.2) is 12.2 Å². The molecule has 1 saturated heterocycles. The van der Waals surface area contributed by atoms with Gasteiger partial charge in [0.1, 0.15) is 0 Å². The van der Waals surface area contributed by atoms with Crippen LogP contribution in [0.2, 0.25) is 0 Å². The summed E-state index contributed by atoms with van der Waals surface area (Å²) >= 11 is 0. The minimum atomic E-state index is -0.226. The first-order valence-corrected chi connectivity index (χ1v) is 9.41. The zero-order chi connectivity index (χ0) is 16.4. The largest absolute Gasteiger partial charge is 0.393 e. The second-order valence-corrected chi connectivity index (χ2v) is 8.19. The monoisotopic (exact) mass is 320 g/mol. The standard InChI is InChI=1S/C19H32N2O2/c1-13(2)9-18(19(23)21-7-5-17(22)6-8-21)20-12-16-11-14-3-4-15(16)10-14/h3-4,13-18,20,22H,5-12H2,1-2H3/t14-,15-,16+,18+/m0/s1. The number of aliphatic hydroxyl groups is 1. The van der Waals surface area contributed by atoms with Crippen LogP contribution in [0, 0.1) is 23.7 Å². The Morgan fingerprint density at radius 1 is 1.26 bits per heavy atom. The molecular formula is C19H32N2O2. The number of allylic oxidation sites excluding steroid dienone is 2. The highest BCUT2D eigenvalue weighted by Crippen LogP contribution is 2.43. The van der Waals surface area contributed by atoms with E-state index in [-0.39, 0.29) is 18.1 Å². The summed E-state index contributed by atoms with van der Waals surface area (Å²) in [5, 5.41) is 13.2. The van der Waals surface area contributed by atoms with Crippen molar-refractivity contribution >= 4 is 5.91 Å². The fraction of sp³-hybridized carbons (Fsp3) is 0.842. The number of likely N-dealkylation sites (tertiary alicyclic amines) is 1. The van der Waals surface area contributed by atoms with Gasteiger partial charge in [-0.15, -0.1) is 0 Å². The molecule has 2 fully saturated rings. The number of aliphatic hydroxyl groups excluding tert-OH is 1. The molecule has 2 aliphatic carbocycles. The Morgan fingerprint density at radius 2 is 2.00 bits per heavy atom. The Morgan fingerprint density at radius 3 is 2.57 bits per heavy atom. The van der Waals surface area contributed by atoms with Gasteiger partial charge in [0, 0.05) is 13.1 Å². The fourth-order valence-corrected chi connectivity index (χ4v) is 4.47. The van der Waals surface area contributed by atoms with Gasteiger partial charge in [0.05, 0.1) is 12.1 Å². The SMILES string of the molecule is CC(C)C[C@@H](NC[C@H]1C[C@H]2C=C[C@H]1C2)C(=O)N1CCC(O)CC1. The summed E-state index contributed by atoms with van der Waals surface area (Å²) in [7, 11) is 0. The smallest absolute Gasteiger partial charge is 0.239 e. The number of rotatable bonds is 6. The van der Waals surface area contributed by atoms with Crippen molar-refractivity contribution in [1.29, 1.82) is 0 Å². The molecule has 130 valence electrons. The highest BCUT2D eigenvalue weighted by molar-refractivity contribution is 5.82. The molecule has 2 N–H and O–H groups in total. The van der Waals surface area contributed by atoms with Crippen molar-refractivity contribution in [3.63, 3.8) is 0 Å². The van der Waals surface area contributed by atoms with Crippen molar-refractivity contribution in [2.24, 2.45) is 23.7 Å². The van der Waals surface area contributed by atoms with Crippen LogP contribution in [-0.4, -0.2) is 47.7 Å². The highest BCUT2D eigenvalue weighted by Gasteiger charge is 2.36. The summed E-state index contributed by atoms with van der Waals surface area (Å²) in [6.07, 6.45) is 9.47. The fourth-order valence-electron chi connectivity index (χ4n) is 4.47. The number of nitrogens with zero attached hydrogens (tertiary/aromatic N) is 1. The number of fused-ring (bicyclic) bond motifs is 2. The van der Waals surface area contributed by atoms with Crippen molar-refractivity contribution in [3.8, 4) is 0 Å². The van der Waals surface area contributed by atoms with E-state index in [4.69, 9.17) is 0 Å². The van der Waals surface area contributed by atoms with E-state index in [0.29, 0.717) is 24.9 Å². The molecule has 1 heterocycles. The Balaban J connectivity index is 1.54. The van der Waals surface area contributed by atoms with Crippen LogP contribution in [0.3, 0.4) is 0 Å². The van der Waals surface area contributed by atoms with Crippen LogP contribution in [0.1, 0.15) is 46.0 Å². The second-order valence-electron chi connectivity index (χ2n) is 8.19. The molecule has 4 heteroatoms. The highest BCUT2D eigenvalue weighted by atomic mass is 16.3. The van der Waals surface area contributed by atoms with Gasteiger partial charge in [-0.25, -0.2) is 0 Å². The first-order valence-electron chi connectivity index (χ1n) is 9.41. The zero-order valence-electron chi connectivity index (χ0n) is 14.6. The lowest BCUT2D eigenvalue weighted by molar-refractivity contribution is -0.136. The summed E-state index contributed by atoms with van der Waals surface area (Å²) in [5.41, 5.74) is 0. The molecule has 0 spiro atoms. The van der Waals surface area contributed by atoms with Crippen LogP contribution in [0.25, 0.3) is 0 Å². The topological polar surface area (TPSA) is 52.6 Å². The Labute approximate surface area is 140 Å². The average molecular weight is 320 g/mol. The van der Waals surface area contributed by atoms with E-state index in [2.05, 4.69) is 31.3 Å². The van der Waals surface area contributed by atoms with Gasteiger partial charge in [-0.1, -0.05) is 26.0 Å². The lowest BCUT2D eigenvalue weighted by atomic mass is 9.92. The third-order valence-electron chi connectivity index (χ3n) is 5.82. The number of piperidine rings is 1. The summed E-state index contributed by atoms with van der Waals surface area (Å²) in [6, 6.07) is -0.0617.